The van der Waals surface area contributed by atoms with Crippen molar-refractivity contribution in [2.45, 2.75) is 13.8 Å². The zero-order valence-corrected chi connectivity index (χ0v) is 14.5. The van der Waals surface area contributed by atoms with Gasteiger partial charge in [-0.1, -0.05) is 42.5 Å². The molecule has 0 aromatic heterocycles. The number of nitrogens with zero attached hydrogens (tertiary/aromatic N) is 4. The third-order valence-corrected chi connectivity index (χ3v) is 4.04. The fourth-order valence-corrected chi connectivity index (χ4v) is 2.71. The average Bonchev–Trinajstić information content (AvgIpc) is 2.97. The Morgan fingerprint density at radius 3 is 2.38 bits per heavy atom. The summed E-state index contributed by atoms with van der Waals surface area (Å²) in [5.41, 5.74) is 3.42. The summed E-state index contributed by atoms with van der Waals surface area (Å²) in [6, 6.07) is 16.3. The number of para-hydroxylation sites is 1. The van der Waals surface area contributed by atoms with E-state index in [1.807, 2.05) is 37.3 Å². The second kappa shape index (κ2) is 7.65. The maximum atomic E-state index is 12.7. The molecule has 3 rings (SSSR count). The zero-order chi connectivity index (χ0) is 18.5. The molecule has 130 valence electrons. The van der Waals surface area contributed by atoms with E-state index < -0.39 is 5.92 Å². The summed E-state index contributed by atoms with van der Waals surface area (Å²) in [5, 5.41) is 14.0. The van der Waals surface area contributed by atoms with Crippen molar-refractivity contribution in [1.82, 2.24) is 0 Å². The molecule has 6 nitrogen and oxygen atoms in total. The predicted octanol–water partition coefficient (Wildman–Crippen LogP) is 3.33. The summed E-state index contributed by atoms with van der Waals surface area (Å²) in [4.78, 5) is 23.4. The number of benzene rings is 2. The van der Waals surface area contributed by atoms with E-state index in [1.54, 1.807) is 37.4 Å². The second-order valence-electron chi connectivity index (χ2n) is 5.93. The van der Waals surface area contributed by atoms with E-state index in [1.165, 1.54) is 5.01 Å². The Hall–Kier alpha value is -3.41. The molecule has 0 fully saturated rings. The summed E-state index contributed by atoms with van der Waals surface area (Å²) < 4.78 is 0. The first-order valence-corrected chi connectivity index (χ1v) is 8.17. The first-order chi connectivity index (χ1) is 12.6. The third kappa shape index (κ3) is 3.64. The van der Waals surface area contributed by atoms with Gasteiger partial charge in [0.05, 0.1) is 23.3 Å². The molecular formula is C20H18N4O2. The van der Waals surface area contributed by atoms with Crippen molar-refractivity contribution in [3.8, 4) is 0 Å². The van der Waals surface area contributed by atoms with E-state index in [0.717, 1.165) is 17.5 Å². The standard InChI is InChI=1S/C20H18N4O2/c1-14(22-21-12-16-8-10-17(13-25)11-9-16)19-15(2)23-24(20(19)26)18-6-4-3-5-7-18/h3-13,19H,1-2H3/b21-12+,22-14-. The van der Waals surface area contributed by atoms with Crippen LogP contribution >= 0.6 is 0 Å². The normalized spacial score (nSPS) is 17.7. The van der Waals surface area contributed by atoms with Crippen LogP contribution < -0.4 is 5.01 Å². The van der Waals surface area contributed by atoms with Gasteiger partial charge in [0.15, 0.2) is 0 Å². The fraction of sp³-hybridized carbons (Fsp3) is 0.150. The quantitative estimate of drug-likeness (QED) is 0.473. The number of carbonyl (C=O) groups excluding carboxylic acids is 2. The van der Waals surface area contributed by atoms with Crippen LogP contribution in [0.15, 0.2) is 69.9 Å². The first-order valence-electron chi connectivity index (χ1n) is 8.17. The van der Waals surface area contributed by atoms with Crippen molar-refractivity contribution < 1.29 is 9.59 Å². The topological polar surface area (TPSA) is 74.5 Å². The summed E-state index contributed by atoms with van der Waals surface area (Å²) in [6.45, 7) is 3.58. The summed E-state index contributed by atoms with van der Waals surface area (Å²) >= 11 is 0. The van der Waals surface area contributed by atoms with Gasteiger partial charge in [-0.05, 0) is 31.5 Å². The number of aldehydes is 1. The van der Waals surface area contributed by atoms with Crippen LogP contribution in [0.1, 0.15) is 29.8 Å². The van der Waals surface area contributed by atoms with E-state index in [4.69, 9.17) is 0 Å². The fourth-order valence-electron chi connectivity index (χ4n) is 2.71. The Kier molecular flexibility index (Phi) is 5.12. The largest absolute Gasteiger partial charge is 0.298 e. The van der Waals surface area contributed by atoms with Gasteiger partial charge in [-0.2, -0.15) is 20.3 Å². The van der Waals surface area contributed by atoms with Gasteiger partial charge in [0.1, 0.15) is 12.2 Å². The monoisotopic (exact) mass is 346 g/mol. The maximum absolute atomic E-state index is 12.7. The number of hydrogen-bond acceptors (Lipinski definition) is 5. The van der Waals surface area contributed by atoms with Crippen molar-refractivity contribution in [1.29, 1.82) is 0 Å². The van der Waals surface area contributed by atoms with Crippen LogP contribution in [0.25, 0.3) is 0 Å². The molecule has 1 amide bonds. The van der Waals surface area contributed by atoms with Crippen LogP contribution in [0.2, 0.25) is 0 Å². The van der Waals surface area contributed by atoms with Gasteiger partial charge < -0.3 is 0 Å². The summed E-state index contributed by atoms with van der Waals surface area (Å²) in [6.07, 6.45) is 2.37. The Morgan fingerprint density at radius 1 is 1.08 bits per heavy atom. The van der Waals surface area contributed by atoms with Crippen LogP contribution in [0.4, 0.5) is 5.69 Å². The minimum Gasteiger partial charge on any atom is -0.298 e. The minimum absolute atomic E-state index is 0.138. The maximum Gasteiger partial charge on any atom is 0.262 e. The lowest BCUT2D eigenvalue weighted by Crippen LogP contribution is -2.31. The number of carbonyl (C=O) groups is 2. The molecule has 1 aliphatic rings. The summed E-state index contributed by atoms with van der Waals surface area (Å²) in [7, 11) is 0. The molecule has 1 aliphatic heterocycles. The smallest absolute Gasteiger partial charge is 0.262 e. The van der Waals surface area contributed by atoms with Crippen LogP contribution in [0.3, 0.4) is 0 Å². The highest BCUT2D eigenvalue weighted by Crippen LogP contribution is 2.24. The third-order valence-electron chi connectivity index (χ3n) is 4.04. The highest BCUT2D eigenvalue weighted by atomic mass is 16.2. The Bertz CT molecular complexity index is 899. The van der Waals surface area contributed by atoms with Crippen LogP contribution in [-0.2, 0) is 4.79 Å². The van der Waals surface area contributed by atoms with Crippen molar-refractivity contribution >= 4 is 35.5 Å². The summed E-state index contributed by atoms with van der Waals surface area (Å²) in [5.74, 6) is -0.648. The molecular weight excluding hydrogens is 328 g/mol. The predicted molar refractivity (Wildman–Crippen MR) is 103 cm³/mol. The molecule has 0 spiro atoms. The lowest BCUT2D eigenvalue weighted by Gasteiger charge is -2.13. The lowest BCUT2D eigenvalue weighted by atomic mass is 9.99. The molecule has 0 saturated heterocycles. The molecule has 1 atom stereocenters. The first kappa shape index (κ1) is 17.4. The molecule has 26 heavy (non-hydrogen) atoms. The molecule has 1 heterocycles. The highest BCUT2D eigenvalue weighted by molar-refractivity contribution is 6.27. The van der Waals surface area contributed by atoms with E-state index in [2.05, 4.69) is 15.3 Å². The van der Waals surface area contributed by atoms with Crippen molar-refractivity contribution in [3.63, 3.8) is 0 Å². The van der Waals surface area contributed by atoms with Gasteiger partial charge in [0.2, 0.25) is 0 Å². The van der Waals surface area contributed by atoms with Gasteiger partial charge in [-0.15, -0.1) is 0 Å². The van der Waals surface area contributed by atoms with E-state index in [9.17, 15) is 9.59 Å². The Labute approximate surface area is 151 Å². The minimum atomic E-state index is -0.509. The number of amides is 1. The van der Waals surface area contributed by atoms with Gasteiger partial charge in [-0.3, -0.25) is 9.59 Å². The van der Waals surface area contributed by atoms with Gasteiger partial charge >= 0.3 is 0 Å². The van der Waals surface area contributed by atoms with Crippen LogP contribution in [-0.4, -0.2) is 29.8 Å². The Balaban J connectivity index is 1.74. The average molecular weight is 346 g/mol. The molecule has 2 aromatic carbocycles. The van der Waals surface area contributed by atoms with Crippen molar-refractivity contribution in [2.75, 3.05) is 5.01 Å². The molecule has 2 aromatic rings. The second-order valence-corrected chi connectivity index (χ2v) is 5.93. The molecule has 0 saturated carbocycles. The molecule has 6 heteroatoms. The van der Waals surface area contributed by atoms with Crippen molar-refractivity contribution in [2.24, 2.45) is 21.2 Å². The number of hydrazone groups is 1. The number of anilines is 1. The van der Waals surface area contributed by atoms with Crippen LogP contribution in [0.5, 0.6) is 0 Å². The van der Waals surface area contributed by atoms with Gasteiger partial charge in [0.25, 0.3) is 5.91 Å². The zero-order valence-electron chi connectivity index (χ0n) is 14.5. The SMILES string of the molecule is CC1=NN(c2ccccc2)C(=O)C1/C(C)=N\N=C\c1ccc(C=O)cc1. The van der Waals surface area contributed by atoms with Crippen molar-refractivity contribution in [3.05, 3.63) is 65.7 Å². The Morgan fingerprint density at radius 2 is 1.73 bits per heavy atom. The molecule has 0 N–H and O–H groups in total. The van der Waals surface area contributed by atoms with Gasteiger partial charge in [0, 0.05) is 5.56 Å². The van der Waals surface area contributed by atoms with E-state index in [-0.39, 0.29) is 5.91 Å². The van der Waals surface area contributed by atoms with E-state index >= 15 is 0 Å². The number of hydrogen-bond donors (Lipinski definition) is 0. The lowest BCUT2D eigenvalue weighted by molar-refractivity contribution is -0.118. The molecule has 1 unspecified atom stereocenters. The van der Waals surface area contributed by atoms with Gasteiger partial charge in [-0.25, -0.2) is 0 Å². The molecule has 0 aliphatic carbocycles. The highest BCUT2D eigenvalue weighted by Gasteiger charge is 2.36. The van der Waals surface area contributed by atoms with Crippen LogP contribution in [0, 0.1) is 5.92 Å². The molecule has 0 bridgehead atoms. The molecule has 0 radical (unpaired) electrons. The van der Waals surface area contributed by atoms with E-state index in [0.29, 0.717) is 17.0 Å². The number of rotatable bonds is 5.